The van der Waals surface area contributed by atoms with Crippen LogP contribution in [0, 0.1) is 0 Å². The second-order valence-corrected chi connectivity index (χ2v) is 3.15. The average molecular weight is 212 g/mol. The highest BCUT2D eigenvalue weighted by Gasteiger charge is 2.09. The van der Waals surface area contributed by atoms with E-state index in [2.05, 4.69) is 15.0 Å². The first-order valence-electron chi connectivity index (χ1n) is 4.63. The van der Waals surface area contributed by atoms with Crippen molar-refractivity contribution in [2.24, 2.45) is 0 Å². The van der Waals surface area contributed by atoms with Gasteiger partial charge in [-0.05, 0) is 6.92 Å². The van der Waals surface area contributed by atoms with E-state index < -0.39 is 0 Å². The third kappa shape index (κ3) is 2.66. The summed E-state index contributed by atoms with van der Waals surface area (Å²) in [5.41, 5.74) is 5.55. The molecule has 0 aliphatic carbocycles. The van der Waals surface area contributed by atoms with Gasteiger partial charge in [0.05, 0.1) is 0 Å². The van der Waals surface area contributed by atoms with E-state index in [1.54, 1.807) is 7.05 Å². The molecule has 15 heavy (non-hydrogen) atoms. The van der Waals surface area contributed by atoms with E-state index >= 15 is 0 Å². The maximum atomic E-state index is 8.94. The number of hydrogen-bond donors (Lipinski definition) is 2. The summed E-state index contributed by atoms with van der Waals surface area (Å²) in [6.07, 6.45) is 0. The van der Waals surface area contributed by atoms with Gasteiger partial charge in [0.2, 0.25) is 17.8 Å². The molecule has 7 heteroatoms. The largest absolute Gasteiger partial charge is 0.376 e. The molecule has 84 valence electrons. The van der Waals surface area contributed by atoms with Crippen LogP contribution in [0.2, 0.25) is 0 Å². The van der Waals surface area contributed by atoms with E-state index in [9.17, 15) is 0 Å². The van der Waals surface area contributed by atoms with Crippen LogP contribution in [-0.4, -0.2) is 47.4 Å². The molecule has 1 rings (SSSR count). The van der Waals surface area contributed by atoms with Gasteiger partial charge in [-0.25, -0.2) is 0 Å². The van der Waals surface area contributed by atoms with Gasteiger partial charge in [-0.15, -0.1) is 0 Å². The fourth-order valence-electron chi connectivity index (χ4n) is 0.915. The number of anilines is 3. The van der Waals surface area contributed by atoms with Gasteiger partial charge in [0.25, 0.3) is 0 Å². The van der Waals surface area contributed by atoms with Crippen LogP contribution >= 0.6 is 0 Å². The third-order valence-electron chi connectivity index (χ3n) is 2.00. The Hall–Kier alpha value is -1.63. The molecule has 1 heterocycles. The monoisotopic (exact) mass is 212 g/mol. The summed E-state index contributed by atoms with van der Waals surface area (Å²) < 4.78 is 0. The van der Waals surface area contributed by atoms with E-state index in [0.717, 1.165) is 6.54 Å². The minimum Gasteiger partial charge on any atom is -0.376 e. The molecule has 7 nitrogen and oxygen atoms in total. The molecule has 0 aliphatic heterocycles. The zero-order valence-electron chi connectivity index (χ0n) is 9.17. The molecule has 0 radical (unpaired) electrons. The number of aromatic nitrogens is 3. The molecule has 0 unspecified atom stereocenters. The molecule has 1 aromatic heterocycles. The lowest BCUT2D eigenvalue weighted by Crippen LogP contribution is -2.25. The average Bonchev–Trinajstić information content (AvgIpc) is 2.26. The fourth-order valence-corrected chi connectivity index (χ4v) is 0.915. The van der Waals surface area contributed by atoms with E-state index in [1.807, 2.05) is 18.9 Å². The Labute approximate surface area is 88.6 Å². The summed E-state index contributed by atoms with van der Waals surface area (Å²) in [7, 11) is 3.53. The van der Waals surface area contributed by atoms with Gasteiger partial charge in [-0.1, -0.05) is 0 Å². The molecule has 0 amide bonds. The van der Waals surface area contributed by atoms with Gasteiger partial charge >= 0.3 is 0 Å². The van der Waals surface area contributed by atoms with Crippen molar-refractivity contribution in [2.75, 3.05) is 42.9 Å². The zero-order chi connectivity index (χ0) is 11.4. The van der Waals surface area contributed by atoms with Crippen molar-refractivity contribution in [2.45, 2.75) is 6.92 Å². The second kappa shape index (κ2) is 4.74. The molecule has 0 bridgehead atoms. The normalized spacial score (nSPS) is 10.1. The summed E-state index contributed by atoms with van der Waals surface area (Å²) in [4.78, 5) is 15.4. The zero-order valence-corrected chi connectivity index (χ0v) is 9.17. The van der Waals surface area contributed by atoms with Crippen molar-refractivity contribution >= 4 is 17.8 Å². The topological polar surface area (TPSA) is 91.4 Å². The predicted octanol–water partition coefficient (Wildman–Crippen LogP) is -0.704. The molecule has 3 N–H and O–H groups in total. The van der Waals surface area contributed by atoms with E-state index in [0.29, 0.717) is 11.9 Å². The molecule has 0 spiro atoms. The van der Waals surface area contributed by atoms with Crippen LogP contribution in [-0.2, 0) is 0 Å². The fraction of sp³-hybridized carbons (Fsp3) is 0.625. The number of hydrogen-bond acceptors (Lipinski definition) is 7. The maximum Gasteiger partial charge on any atom is 0.233 e. The smallest absolute Gasteiger partial charge is 0.233 e. The Morgan fingerprint density at radius 2 is 1.67 bits per heavy atom. The van der Waals surface area contributed by atoms with E-state index in [1.165, 1.54) is 4.90 Å². The lowest BCUT2D eigenvalue weighted by Gasteiger charge is -2.18. The highest BCUT2D eigenvalue weighted by atomic mass is 16.3. The summed E-state index contributed by atoms with van der Waals surface area (Å²) in [6.45, 7) is 2.58. The van der Waals surface area contributed by atoms with Gasteiger partial charge in [0.1, 0.15) is 6.73 Å². The number of aliphatic hydroxyl groups excluding tert-OH is 1. The van der Waals surface area contributed by atoms with E-state index in [-0.39, 0.29) is 12.7 Å². The summed E-state index contributed by atoms with van der Waals surface area (Å²) in [6, 6.07) is 0. The van der Waals surface area contributed by atoms with Crippen LogP contribution in [0.4, 0.5) is 17.8 Å². The van der Waals surface area contributed by atoms with Gasteiger partial charge < -0.3 is 20.6 Å². The summed E-state index contributed by atoms with van der Waals surface area (Å²) in [5.74, 6) is 1.01. The Morgan fingerprint density at radius 1 is 1.13 bits per heavy atom. The quantitative estimate of drug-likeness (QED) is 0.637. The van der Waals surface area contributed by atoms with Crippen LogP contribution in [0.25, 0.3) is 0 Å². The van der Waals surface area contributed by atoms with Crippen molar-refractivity contribution in [1.82, 2.24) is 15.0 Å². The van der Waals surface area contributed by atoms with Crippen molar-refractivity contribution in [3.63, 3.8) is 0 Å². The third-order valence-corrected chi connectivity index (χ3v) is 2.00. The summed E-state index contributed by atoms with van der Waals surface area (Å²) >= 11 is 0. The molecule has 0 saturated carbocycles. The molecule has 0 saturated heterocycles. The minimum atomic E-state index is -0.168. The number of nitrogens with zero attached hydrogens (tertiary/aromatic N) is 5. The highest BCUT2D eigenvalue weighted by molar-refractivity contribution is 5.42. The van der Waals surface area contributed by atoms with Gasteiger partial charge in [-0.3, -0.25) is 0 Å². The molecule has 0 aromatic carbocycles. The lowest BCUT2D eigenvalue weighted by molar-refractivity contribution is 0.296. The Bertz CT molecular complexity index is 303. The Morgan fingerprint density at radius 3 is 2.13 bits per heavy atom. The van der Waals surface area contributed by atoms with Gasteiger partial charge in [0, 0.05) is 20.6 Å². The van der Waals surface area contributed by atoms with Crippen molar-refractivity contribution < 1.29 is 5.11 Å². The molecule has 0 atom stereocenters. The number of rotatable bonds is 4. The molecule has 1 aromatic rings. The van der Waals surface area contributed by atoms with Crippen molar-refractivity contribution in [3.8, 4) is 0 Å². The molecular weight excluding hydrogens is 196 g/mol. The number of nitrogens with two attached hydrogens (primary N) is 1. The number of aliphatic hydroxyl groups is 1. The predicted molar refractivity (Wildman–Crippen MR) is 58.7 cm³/mol. The highest BCUT2D eigenvalue weighted by Crippen LogP contribution is 2.12. The van der Waals surface area contributed by atoms with Crippen LogP contribution in [0.3, 0.4) is 0 Å². The SMILES string of the molecule is CCN(C)c1nc(N)nc(N(C)CO)n1. The first-order chi connectivity index (χ1) is 7.08. The van der Waals surface area contributed by atoms with Crippen LogP contribution in [0.15, 0.2) is 0 Å². The minimum absolute atomic E-state index is 0.149. The molecular formula is C8H16N6O. The first-order valence-corrected chi connectivity index (χ1v) is 4.63. The second-order valence-electron chi connectivity index (χ2n) is 3.15. The molecule has 0 aliphatic rings. The maximum absolute atomic E-state index is 8.94. The number of nitrogen functional groups attached to an aromatic ring is 1. The van der Waals surface area contributed by atoms with E-state index in [4.69, 9.17) is 10.8 Å². The Kier molecular flexibility index (Phi) is 3.62. The van der Waals surface area contributed by atoms with Crippen molar-refractivity contribution in [3.05, 3.63) is 0 Å². The van der Waals surface area contributed by atoms with Gasteiger partial charge in [-0.2, -0.15) is 15.0 Å². The Balaban J connectivity index is 3.04. The van der Waals surface area contributed by atoms with Crippen molar-refractivity contribution in [1.29, 1.82) is 0 Å². The lowest BCUT2D eigenvalue weighted by atomic mass is 10.6. The molecule has 0 fully saturated rings. The van der Waals surface area contributed by atoms with Crippen LogP contribution < -0.4 is 15.5 Å². The summed E-state index contributed by atoms with van der Waals surface area (Å²) in [5, 5.41) is 8.94. The standard InChI is InChI=1S/C8H16N6O/c1-4-13(2)7-10-6(9)11-8(12-7)14(3)5-15/h15H,4-5H2,1-3H3,(H2,9,10,11,12). The first kappa shape index (κ1) is 11.4. The van der Waals surface area contributed by atoms with Crippen LogP contribution in [0.5, 0.6) is 0 Å². The van der Waals surface area contributed by atoms with Gasteiger partial charge in [0.15, 0.2) is 0 Å². The van der Waals surface area contributed by atoms with Crippen LogP contribution in [0.1, 0.15) is 6.92 Å².